The van der Waals surface area contributed by atoms with Gasteiger partial charge in [-0.15, -0.1) is 0 Å². The van der Waals surface area contributed by atoms with E-state index >= 15 is 0 Å². The highest BCUT2D eigenvalue weighted by Crippen LogP contribution is 2.39. The van der Waals surface area contributed by atoms with E-state index in [9.17, 15) is 14.4 Å². The number of nitrogens with two attached hydrogens (primary N) is 1. The average molecular weight is 1120 g/mol. The maximum absolute atomic E-state index is 12.0. The predicted octanol–water partition coefficient (Wildman–Crippen LogP) is 17.3. The van der Waals surface area contributed by atoms with Crippen LogP contribution in [0.5, 0.6) is 0 Å². The van der Waals surface area contributed by atoms with Crippen LogP contribution in [0.25, 0.3) is 36.5 Å². The number of carbonyl (C=O) groups is 3. The van der Waals surface area contributed by atoms with E-state index in [1.54, 1.807) is 23.6 Å². The summed E-state index contributed by atoms with van der Waals surface area (Å²) in [7, 11) is 0. The van der Waals surface area contributed by atoms with Crippen LogP contribution in [0.15, 0.2) is 243 Å². The first kappa shape index (κ1) is 57.4. The van der Waals surface area contributed by atoms with Crippen molar-refractivity contribution in [3.8, 4) is 0 Å². The SMILES string of the molecule is C1=Cc2ccccc2Nc2ccccc21.CC(=O)N1c2ccccc2C=Cc2ccccc21.CC(=O)N1c2ccccc2CCc2ccccc21.NC(=O)N1c2ccccc2C=Cc2ccccc21.O.c1ccc2c(c1)CCc1ccccc1N2. The molecule has 0 aromatic heterocycles. The number of nitrogens with zero attached hydrogens (tertiary/aromatic N) is 3. The summed E-state index contributed by atoms with van der Waals surface area (Å²) in [5, 5.41) is 6.94. The third-order valence-electron chi connectivity index (χ3n) is 15.2. The van der Waals surface area contributed by atoms with Gasteiger partial charge in [0, 0.05) is 36.6 Å². The summed E-state index contributed by atoms with van der Waals surface area (Å²) in [5.74, 6) is 0.0930. The Hall–Kier alpha value is -10.8. The zero-order valence-corrected chi connectivity index (χ0v) is 47.5. The fraction of sp³-hybridized carbons (Fsp3) is 0.0800. The Morgan fingerprint density at radius 3 is 0.882 bits per heavy atom. The second kappa shape index (κ2) is 26.8. The lowest BCUT2D eigenvalue weighted by molar-refractivity contribution is -0.116. The van der Waals surface area contributed by atoms with Crippen molar-refractivity contribution in [2.24, 2.45) is 5.73 Å². The second-order valence-corrected chi connectivity index (χ2v) is 20.6. The molecule has 0 spiro atoms. The average Bonchev–Trinajstić information content (AvgIpc) is 3.39. The van der Waals surface area contributed by atoms with Gasteiger partial charge in [-0.1, -0.05) is 218 Å². The molecule has 0 fully saturated rings. The number of para-hydroxylation sites is 10. The number of rotatable bonds is 0. The summed E-state index contributed by atoms with van der Waals surface area (Å²) in [5.41, 5.74) is 27.7. The molecular weight excluding hydrogens is 1050 g/mol. The highest BCUT2D eigenvalue weighted by Gasteiger charge is 2.24. The van der Waals surface area contributed by atoms with Crippen LogP contribution in [-0.2, 0) is 35.3 Å². The molecule has 420 valence electrons. The number of aryl methyl sites for hydroxylation is 4. The Morgan fingerprint density at radius 2 is 0.529 bits per heavy atom. The smallest absolute Gasteiger partial charge is 0.323 e. The van der Waals surface area contributed by atoms with Crippen LogP contribution in [0.2, 0.25) is 0 Å². The highest BCUT2D eigenvalue weighted by atomic mass is 16.2. The van der Waals surface area contributed by atoms with Crippen molar-refractivity contribution in [1.82, 2.24) is 0 Å². The van der Waals surface area contributed by atoms with E-state index in [0.29, 0.717) is 0 Å². The van der Waals surface area contributed by atoms with Crippen molar-refractivity contribution in [3.63, 3.8) is 0 Å². The minimum atomic E-state index is -0.474. The van der Waals surface area contributed by atoms with E-state index in [-0.39, 0.29) is 17.3 Å². The van der Waals surface area contributed by atoms with Crippen LogP contribution in [0.3, 0.4) is 0 Å². The molecule has 10 heteroatoms. The Morgan fingerprint density at radius 1 is 0.294 bits per heavy atom. The Bertz CT molecular complexity index is 3770. The summed E-state index contributed by atoms with van der Waals surface area (Å²) in [6, 6.07) is 80.8. The number of hydrogen-bond acceptors (Lipinski definition) is 5. The minimum Gasteiger partial charge on any atom is -0.412 e. The maximum atomic E-state index is 12.0. The molecule has 4 amide bonds. The fourth-order valence-corrected chi connectivity index (χ4v) is 11.1. The summed E-state index contributed by atoms with van der Waals surface area (Å²) in [4.78, 5) is 40.9. The molecule has 5 aliphatic rings. The van der Waals surface area contributed by atoms with E-state index in [2.05, 4.69) is 132 Å². The van der Waals surface area contributed by atoms with E-state index in [0.717, 1.165) is 82.1 Å². The normalized spacial score (nSPS) is 12.7. The summed E-state index contributed by atoms with van der Waals surface area (Å²) in [6.45, 7) is 3.22. The van der Waals surface area contributed by atoms with Gasteiger partial charge in [0.25, 0.3) is 0 Å². The second-order valence-electron chi connectivity index (χ2n) is 20.6. The molecule has 10 aromatic rings. The van der Waals surface area contributed by atoms with Gasteiger partial charge in [-0.25, -0.2) is 4.79 Å². The molecule has 0 saturated carbocycles. The monoisotopic (exact) mass is 1110 g/mol. The third kappa shape index (κ3) is 13.1. The number of amides is 4. The fourth-order valence-electron chi connectivity index (χ4n) is 11.1. The number of nitrogens with one attached hydrogen (secondary N) is 2. The summed E-state index contributed by atoms with van der Waals surface area (Å²) < 4.78 is 0. The highest BCUT2D eigenvalue weighted by molar-refractivity contribution is 6.06. The first-order chi connectivity index (χ1) is 41.2. The molecule has 5 aliphatic heterocycles. The molecule has 0 unspecified atom stereocenters. The zero-order chi connectivity index (χ0) is 57.8. The van der Waals surface area contributed by atoms with Gasteiger partial charge in [0.15, 0.2) is 0 Å². The van der Waals surface area contributed by atoms with E-state index < -0.39 is 6.03 Å². The molecule has 0 atom stereocenters. The molecule has 0 bridgehead atoms. The molecular formula is C75H66N6O4. The van der Waals surface area contributed by atoms with Gasteiger partial charge in [0.2, 0.25) is 11.8 Å². The van der Waals surface area contributed by atoms with Gasteiger partial charge in [0.1, 0.15) is 0 Å². The van der Waals surface area contributed by atoms with Crippen molar-refractivity contribution in [3.05, 3.63) is 298 Å². The van der Waals surface area contributed by atoms with Crippen molar-refractivity contribution in [1.29, 1.82) is 0 Å². The first-order valence-electron chi connectivity index (χ1n) is 28.3. The van der Waals surface area contributed by atoms with Gasteiger partial charge in [-0.2, -0.15) is 0 Å². The maximum Gasteiger partial charge on any atom is 0.323 e. The van der Waals surface area contributed by atoms with Crippen LogP contribution in [0.4, 0.5) is 61.7 Å². The lowest BCUT2D eigenvalue weighted by Crippen LogP contribution is -2.32. The molecule has 0 radical (unpaired) electrons. The quantitative estimate of drug-likeness (QED) is 0.139. The van der Waals surface area contributed by atoms with Crippen LogP contribution < -0.4 is 31.1 Å². The number of carbonyl (C=O) groups excluding carboxylic acids is 3. The first-order valence-corrected chi connectivity index (χ1v) is 28.3. The predicted molar refractivity (Wildman–Crippen MR) is 354 cm³/mol. The molecule has 85 heavy (non-hydrogen) atoms. The number of benzene rings is 10. The van der Waals surface area contributed by atoms with Crippen LogP contribution >= 0.6 is 0 Å². The third-order valence-corrected chi connectivity index (χ3v) is 15.2. The van der Waals surface area contributed by atoms with E-state index in [4.69, 9.17) is 5.73 Å². The zero-order valence-electron chi connectivity index (χ0n) is 47.5. The summed E-state index contributed by atoms with van der Waals surface area (Å²) in [6.07, 6.45) is 16.6. The van der Waals surface area contributed by atoms with Gasteiger partial charge < -0.3 is 21.8 Å². The van der Waals surface area contributed by atoms with Crippen molar-refractivity contribution >= 4 is 111 Å². The lowest BCUT2D eigenvalue weighted by atomic mass is 10.0. The van der Waals surface area contributed by atoms with Gasteiger partial charge in [0.05, 0.1) is 34.1 Å². The number of urea groups is 1. The van der Waals surface area contributed by atoms with E-state index in [1.807, 2.05) is 163 Å². The number of anilines is 10. The lowest BCUT2D eigenvalue weighted by Gasteiger charge is -2.23. The molecule has 10 nitrogen and oxygen atoms in total. The van der Waals surface area contributed by atoms with Crippen LogP contribution in [0, 0.1) is 0 Å². The van der Waals surface area contributed by atoms with Gasteiger partial charge in [-0.3, -0.25) is 24.3 Å². The number of primary amides is 1. The Kier molecular flexibility index (Phi) is 18.1. The Labute approximate surface area is 497 Å². The minimum absolute atomic E-state index is 0. The van der Waals surface area contributed by atoms with E-state index in [1.165, 1.54) is 56.1 Å². The molecule has 6 N–H and O–H groups in total. The van der Waals surface area contributed by atoms with Gasteiger partial charge >= 0.3 is 6.03 Å². The largest absolute Gasteiger partial charge is 0.412 e. The van der Waals surface area contributed by atoms with Gasteiger partial charge in [-0.05, 0) is 142 Å². The Balaban J connectivity index is 0.000000118. The topological polar surface area (TPSA) is 143 Å². The standard InChI is InChI=1S/C16H15NO.C16H13NO.C15H12N2O.C14H13N.C14H11N.H2O/c2*1-12(18)17-15-8-4-2-6-13(15)10-11-14-7-3-5-9-16(14)17;16-15(18)17-13-7-3-1-5-11(13)9-10-12-6-2-4-8-14(12)17;2*1-3-7-13-11(5-1)9-10-12-6-2-4-8-14(12)15-13;/h2-9H,10-11H2,1H3;2-11H,1H3;1-10H,(H2,16,18);1-8,15H,9-10H2;1-10,15H;1H2. The van der Waals surface area contributed by atoms with Crippen molar-refractivity contribution in [2.75, 3.05) is 25.3 Å². The molecule has 0 aliphatic carbocycles. The molecule has 15 rings (SSSR count). The molecule has 0 saturated heterocycles. The van der Waals surface area contributed by atoms with Crippen LogP contribution in [0.1, 0.15) is 69.5 Å². The molecule has 10 aromatic carbocycles. The molecule has 5 heterocycles. The summed E-state index contributed by atoms with van der Waals surface area (Å²) >= 11 is 0. The number of fused-ring (bicyclic) bond motifs is 10. The van der Waals surface area contributed by atoms with Crippen LogP contribution in [-0.4, -0.2) is 23.3 Å². The van der Waals surface area contributed by atoms with Crippen molar-refractivity contribution in [2.45, 2.75) is 39.5 Å². The van der Waals surface area contributed by atoms with Crippen molar-refractivity contribution < 1.29 is 19.9 Å². The number of hydrogen-bond donors (Lipinski definition) is 3.